The Morgan fingerprint density at radius 2 is 1.79 bits per heavy atom. The van der Waals surface area contributed by atoms with Gasteiger partial charge in [-0.05, 0) is 68.4 Å². The first kappa shape index (κ1) is 23.0. The number of esters is 1. The van der Waals surface area contributed by atoms with Crippen LogP contribution in [-0.4, -0.2) is 37.8 Å². The summed E-state index contributed by atoms with van der Waals surface area (Å²) in [6, 6.07) is 10.1. The van der Waals surface area contributed by atoms with Crippen LogP contribution in [0, 0.1) is 0 Å². The maximum Gasteiger partial charge on any atom is 0.306 e. The average molecular weight is 419 g/mol. The molecule has 0 radical (unpaired) electrons. The smallest absolute Gasteiger partial charge is 0.306 e. The van der Waals surface area contributed by atoms with Gasteiger partial charge in [-0.25, -0.2) is 13.1 Å². The van der Waals surface area contributed by atoms with E-state index in [-0.39, 0.29) is 5.97 Å². The number of hydrogen-bond donors (Lipinski definition) is 1. The van der Waals surface area contributed by atoms with Crippen molar-refractivity contribution in [1.29, 1.82) is 0 Å². The molecule has 2 aromatic rings. The molecule has 1 aromatic carbocycles. The number of carbonyl (C=O) groups is 1. The molecule has 29 heavy (non-hydrogen) atoms. The number of pyridine rings is 1. The molecule has 0 atom stereocenters. The molecule has 7 heteroatoms. The molecule has 0 fully saturated rings. The fraction of sp³-hybridized carbons (Fsp3) is 0.455. The van der Waals surface area contributed by atoms with Gasteiger partial charge in [0, 0.05) is 25.4 Å². The predicted molar refractivity (Wildman–Crippen MR) is 114 cm³/mol. The molecule has 0 spiro atoms. The highest BCUT2D eigenvalue weighted by atomic mass is 32.2. The Balaban J connectivity index is 2.13. The number of sulfonamides is 1. The molecule has 158 valence electrons. The summed E-state index contributed by atoms with van der Waals surface area (Å²) in [6.07, 6.45) is 5.80. The van der Waals surface area contributed by atoms with E-state index in [4.69, 9.17) is 4.74 Å². The summed E-state index contributed by atoms with van der Waals surface area (Å²) in [5.41, 5.74) is 4.29. The van der Waals surface area contributed by atoms with Crippen molar-refractivity contribution in [3.8, 4) is 0 Å². The highest BCUT2D eigenvalue weighted by molar-refractivity contribution is 7.90. The van der Waals surface area contributed by atoms with Crippen LogP contribution in [0.2, 0.25) is 0 Å². The van der Waals surface area contributed by atoms with Crippen molar-refractivity contribution in [3.63, 3.8) is 0 Å². The molecule has 0 bridgehead atoms. The number of carbonyl (C=O) groups excluding carboxylic acids is 1. The van der Waals surface area contributed by atoms with Crippen molar-refractivity contribution in [2.45, 2.75) is 51.7 Å². The number of benzene rings is 1. The first-order valence-corrected chi connectivity index (χ1v) is 11.5. The van der Waals surface area contributed by atoms with E-state index in [1.807, 2.05) is 24.4 Å². The predicted octanol–water partition coefficient (Wildman–Crippen LogP) is 3.04. The van der Waals surface area contributed by atoms with Crippen molar-refractivity contribution in [3.05, 3.63) is 65.0 Å². The number of aryl methyl sites for hydroxylation is 1. The lowest BCUT2D eigenvalue weighted by Gasteiger charge is -2.12. The first-order chi connectivity index (χ1) is 13.8. The molecular weight excluding hydrogens is 388 g/mol. The Morgan fingerprint density at radius 1 is 1.10 bits per heavy atom. The number of nitrogens with zero attached hydrogens (tertiary/aromatic N) is 1. The van der Waals surface area contributed by atoms with E-state index in [9.17, 15) is 13.2 Å². The molecule has 0 saturated carbocycles. The highest BCUT2D eigenvalue weighted by Crippen LogP contribution is 2.17. The van der Waals surface area contributed by atoms with Crippen LogP contribution < -0.4 is 4.72 Å². The second kappa shape index (κ2) is 11.1. The fourth-order valence-electron chi connectivity index (χ4n) is 2.95. The number of hydrogen-bond acceptors (Lipinski definition) is 5. The third-order valence-electron chi connectivity index (χ3n) is 4.50. The molecule has 6 nitrogen and oxygen atoms in total. The number of aromatic nitrogens is 1. The Hall–Kier alpha value is -2.25. The quantitative estimate of drug-likeness (QED) is 0.567. The van der Waals surface area contributed by atoms with Gasteiger partial charge in [-0.3, -0.25) is 9.78 Å². The average Bonchev–Trinajstić information content (AvgIpc) is 2.67. The zero-order chi connectivity index (χ0) is 21.3. The standard InChI is InChI=1S/C22H30N2O4S/c1-4-28-22(25)8-7-18-12-19(9-11-24-29(26,27)17(2)3)14-21(13-18)15-20-6-5-10-23-16-20/h5-6,10,12-14,16-17,24H,4,7-9,11,15H2,1-3H3. The van der Waals surface area contributed by atoms with Gasteiger partial charge in [-0.1, -0.05) is 24.3 Å². The molecule has 0 aliphatic carbocycles. The molecule has 2 rings (SSSR count). The van der Waals surface area contributed by atoms with Gasteiger partial charge in [-0.15, -0.1) is 0 Å². The Labute approximate surface area is 173 Å². The third kappa shape index (κ3) is 7.95. The fourth-order valence-corrected chi connectivity index (χ4v) is 3.67. The van der Waals surface area contributed by atoms with Gasteiger partial charge in [0.1, 0.15) is 0 Å². The van der Waals surface area contributed by atoms with Crippen molar-refractivity contribution in [2.24, 2.45) is 0 Å². The Bertz CT molecular complexity index is 896. The van der Waals surface area contributed by atoms with Crippen molar-refractivity contribution >= 4 is 16.0 Å². The normalized spacial score (nSPS) is 11.6. The van der Waals surface area contributed by atoms with Gasteiger partial charge in [0.25, 0.3) is 0 Å². The van der Waals surface area contributed by atoms with Crippen LogP contribution in [0.4, 0.5) is 0 Å². The van der Waals surface area contributed by atoms with E-state index in [0.29, 0.717) is 32.4 Å². The monoisotopic (exact) mass is 418 g/mol. The summed E-state index contributed by atoms with van der Waals surface area (Å²) >= 11 is 0. The lowest BCUT2D eigenvalue weighted by Crippen LogP contribution is -2.32. The third-order valence-corrected chi connectivity index (χ3v) is 6.35. The van der Waals surface area contributed by atoms with E-state index in [1.54, 1.807) is 27.0 Å². The topological polar surface area (TPSA) is 85.4 Å². The minimum atomic E-state index is -3.28. The van der Waals surface area contributed by atoms with Gasteiger partial charge < -0.3 is 4.74 Å². The molecule has 1 heterocycles. The van der Waals surface area contributed by atoms with Crippen molar-refractivity contribution < 1.29 is 17.9 Å². The summed E-state index contributed by atoms with van der Waals surface area (Å²) in [7, 11) is -3.28. The van der Waals surface area contributed by atoms with Crippen molar-refractivity contribution in [1.82, 2.24) is 9.71 Å². The van der Waals surface area contributed by atoms with Gasteiger partial charge in [0.15, 0.2) is 0 Å². The van der Waals surface area contributed by atoms with Gasteiger partial charge in [-0.2, -0.15) is 0 Å². The molecule has 1 N–H and O–H groups in total. The summed E-state index contributed by atoms with van der Waals surface area (Å²) in [6.45, 7) is 5.83. The number of ether oxygens (including phenoxy) is 1. The van der Waals surface area contributed by atoms with Crippen LogP contribution in [0.5, 0.6) is 0 Å². The van der Waals surface area contributed by atoms with Crippen LogP contribution in [-0.2, 0) is 38.8 Å². The van der Waals surface area contributed by atoms with Crippen molar-refractivity contribution in [2.75, 3.05) is 13.2 Å². The van der Waals surface area contributed by atoms with E-state index >= 15 is 0 Å². The van der Waals surface area contributed by atoms with Crippen LogP contribution in [0.25, 0.3) is 0 Å². The first-order valence-electron chi connectivity index (χ1n) is 9.95. The lowest BCUT2D eigenvalue weighted by atomic mass is 9.97. The number of rotatable bonds is 11. The zero-order valence-corrected chi connectivity index (χ0v) is 18.2. The molecular formula is C22H30N2O4S. The summed E-state index contributed by atoms with van der Waals surface area (Å²) in [5.74, 6) is -0.212. The van der Waals surface area contributed by atoms with Gasteiger partial charge >= 0.3 is 5.97 Å². The molecule has 1 aromatic heterocycles. The Morgan fingerprint density at radius 3 is 2.41 bits per heavy atom. The molecule has 0 saturated heterocycles. The maximum absolute atomic E-state index is 12.0. The lowest BCUT2D eigenvalue weighted by molar-refractivity contribution is -0.143. The molecule has 0 unspecified atom stereocenters. The second-order valence-corrected chi connectivity index (χ2v) is 9.56. The minimum absolute atomic E-state index is 0.212. The van der Waals surface area contributed by atoms with Crippen LogP contribution in [0.3, 0.4) is 0 Å². The van der Waals surface area contributed by atoms with E-state index in [0.717, 1.165) is 28.7 Å². The summed E-state index contributed by atoms with van der Waals surface area (Å²) < 4.78 is 31.6. The molecule has 0 aliphatic heterocycles. The maximum atomic E-state index is 12.0. The van der Waals surface area contributed by atoms with E-state index < -0.39 is 15.3 Å². The highest BCUT2D eigenvalue weighted by Gasteiger charge is 2.14. The zero-order valence-electron chi connectivity index (χ0n) is 17.3. The largest absolute Gasteiger partial charge is 0.466 e. The van der Waals surface area contributed by atoms with Crippen LogP contribution in [0.1, 0.15) is 49.4 Å². The van der Waals surface area contributed by atoms with E-state index in [2.05, 4.69) is 21.8 Å². The summed E-state index contributed by atoms with van der Waals surface area (Å²) in [4.78, 5) is 15.9. The van der Waals surface area contributed by atoms with Gasteiger partial charge in [0.2, 0.25) is 10.0 Å². The Kier molecular flexibility index (Phi) is 8.79. The van der Waals surface area contributed by atoms with Crippen LogP contribution in [0.15, 0.2) is 42.7 Å². The second-order valence-electron chi connectivity index (χ2n) is 7.24. The van der Waals surface area contributed by atoms with Crippen LogP contribution >= 0.6 is 0 Å². The molecule has 0 amide bonds. The summed E-state index contributed by atoms with van der Waals surface area (Å²) in [5, 5.41) is -0.459. The SMILES string of the molecule is CCOC(=O)CCc1cc(CCNS(=O)(=O)C(C)C)cc(Cc2cccnc2)c1. The van der Waals surface area contributed by atoms with Gasteiger partial charge in [0.05, 0.1) is 11.9 Å². The van der Waals surface area contributed by atoms with E-state index in [1.165, 1.54) is 0 Å². The molecule has 0 aliphatic rings. The number of nitrogens with one attached hydrogen (secondary N) is 1. The minimum Gasteiger partial charge on any atom is -0.466 e.